The Balaban J connectivity index is 1.20. The zero-order chi connectivity index (χ0) is 27.9. The third-order valence-corrected chi connectivity index (χ3v) is 15.0. The van der Waals surface area contributed by atoms with E-state index in [1.807, 2.05) is 0 Å². The molecule has 39 heavy (non-hydrogen) atoms. The maximum atomic E-state index is 12.7. The van der Waals surface area contributed by atoms with E-state index in [9.17, 15) is 15.0 Å². The van der Waals surface area contributed by atoms with Crippen LogP contribution in [-0.4, -0.2) is 46.7 Å². The van der Waals surface area contributed by atoms with Crippen molar-refractivity contribution in [1.82, 2.24) is 0 Å². The second-order valence-corrected chi connectivity index (χ2v) is 17.0. The molecule has 1 aliphatic heterocycles. The van der Waals surface area contributed by atoms with Crippen molar-refractivity contribution in [1.29, 1.82) is 0 Å². The fraction of sp³-hybridized carbons (Fsp3) is 0.971. The van der Waals surface area contributed by atoms with Gasteiger partial charge in [0.25, 0.3) is 0 Å². The second kappa shape index (κ2) is 8.25. The van der Waals surface area contributed by atoms with Crippen molar-refractivity contribution in [2.45, 2.75) is 143 Å². The number of rotatable bonds is 4. The molecule has 13 atom stereocenters. The molecule has 1 heterocycles. The summed E-state index contributed by atoms with van der Waals surface area (Å²) in [6.07, 6.45) is 9.68. The lowest BCUT2D eigenvalue weighted by Gasteiger charge is -2.63. The van der Waals surface area contributed by atoms with E-state index >= 15 is 0 Å². The summed E-state index contributed by atoms with van der Waals surface area (Å²) in [6, 6.07) is 0. The molecule has 220 valence electrons. The summed E-state index contributed by atoms with van der Waals surface area (Å²) in [5, 5.41) is 23.4. The highest BCUT2D eigenvalue weighted by Crippen LogP contribution is 2.89. The number of aliphatic hydroxyl groups excluding tert-OH is 2. The van der Waals surface area contributed by atoms with E-state index in [0.717, 1.165) is 38.5 Å². The third-order valence-electron chi connectivity index (χ3n) is 15.0. The van der Waals surface area contributed by atoms with Crippen LogP contribution >= 0.6 is 0 Å². The molecular weight excluding hydrogens is 488 g/mol. The Bertz CT molecular complexity index is 1030. The van der Waals surface area contributed by atoms with E-state index in [-0.39, 0.29) is 58.5 Å². The van der Waals surface area contributed by atoms with E-state index in [2.05, 4.69) is 48.5 Å². The van der Waals surface area contributed by atoms with E-state index < -0.39 is 6.10 Å². The molecule has 6 saturated carbocycles. The van der Waals surface area contributed by atoms with Gasteiger partial charge in [0.05, 0.1) is 30.3 Å². The Morgan fingerprint density at radius 1 is 0.923 bits per heavy atom. The van der Waals surface area contributed by atoms with Crippen molar-refractivity contribution < 1.29 is 24.5 Å². The number of fused-ring (bicyclic) bond motifs is 4. The Kier molecular flexibility index (Phi) is 5.75. The lowest BCUT2D eigenvalue weighted by atomic mass is 9.41. The van der Waals surface area contributed by atoms with Gasteiger partial charge in [0.1, 0.15) is 6.10 Å². The summed E-state index contributed by atoms with van der Waals surface area (Å²) < 4.78 is 13.1. The molecule has 0 aromatic heterocycles. The second-order valence-electron chi connectivity index (χ2n) is 17.0. The Hall–Kier alpha value is -0.650. The molecule has 0 aromatic rings. The molecule has 4 unspecified atom stereocenters. The van der Waals surface area contributed by atoms with E-state index in [1.54, 1.807) is 0 Å². The van der Waals surface area contributed by atoms with Crippen LogP contribution in [0.15, 0.2) is 0 Å². The quantitative estimate of drug-likeness (QED) is 0.418. The van der Waals surface area contributed by atoms with Crippen molar-refractivity contribution in [2.75, 3.05) is 0 Å². The standard InChI is InChI=1S/C34H54O5/c1-18(2)26(39-29(37)20-8-9-20)21-16-19(3)25-27(38-21)28(36)32(7)23-11-10-22-30(4,5)24(35)12-13-33(22)17-34(23,33)15-14-31(25,32)6/h18-28,35-36H,8-17H2,1-7H3/t19-,21?,22+,23?,24?,25+,26-,27?,28+,31-,32-,33-,34+/m1/s1. The van der Waals surface area contributed by atoms with Gasteiger partial charge in [-0.25, -0.2) is 0 Å². The van der Waals surface area contributed by atoms with Crippen LogP contribution in [0.4, 0.5) is 0 Å². The molecular formula is C34H54O5. The number of hydrogen-bond donors (Lipinski definition) is 2. The number of hydrogen-bond acceptors (Lipinski definition) is 5. The summed E-state index contributed by atoms with van der Waals surface area (Å²) in [5.74, 6) is 2.06. The normalized spacial score (nSPS) is 55.9. The minimum absolute atomic E-state index is 0.0226. The van der Waals surface area contributed by atoms with Gasteiger partial charge < -0.3 is 19.7 Å². The fourth-order valence-corrected chi connectivity index (χ4v) is 12.7. The number of carbonyl (C=O) groups excluding carboxylic acids is 1. The topological polar surface area (TPSA) is 76.0 Å². The van der Waals surface area contributed by atoms with Crippen LogP contribution < -0.4 is 0 Å². The monoisotopic (exact) mass is 542 g/mol. The molecule has 6 aliphatic carbocycles. The summed E-state index contributed by atoms with van der Waals surface area (Å²) in [4.78, 5) is 12.7. The highest BCUT2D eigenvalue weighted by molar-refractivity contribution is 5.75. The van der Waals surface area contributed by atoms with Gasteiger partial charge in [-0.3, -0.25) is 4.79 Å². The largest absolute Gasteiger partial charge is 0.459 e. The Labute approximate surface area is 236 Å². The predicted molar refractivity (Wildman–Crippen MR) is 150 cm³/mol. The Morgan fingerprint density at radius 3 is 2.26 bits per heavy atom. The highest BCUT2D eigenvalue weighted by Gasteiger charge is 2.84. The van der Waals surface area contributed by atoms with E-state index in [4.69, 9.17) is 9.47 Å². The molecule has 5 nitrogen and oxygen atoms in total. The van der Waals surface area contributed by atoms with Gasteiger partial charge in [-0.15, -0.1) is 0 Å². The molecule has 2 N–H and O–H groups in total. The lowest BCUT2D eigenvalue weighted by Crippen LogP contribution is -2.59. The van der Waals surface area contributed by atoms with Crippen LogP contribution in [0, 0.1) is 62.6 Å². The molecule has 7 aliphatic rings. The lowest BCUT2D eigenvalue weighted by molar-refractivity contribution is -0.197. The summed E-state index contributed by atoms with van der Waals surface area (Å²) in [7, 11) is 0. The van der Waals surface area contributed by atoms with Gasteiger partial charge in [-0.2, -0.15) is 0 Å². The van der Waals surface area contributed by atoms with Gasteiger partial charge in [-0.05, 0) is 115 Å². The molecule has 0 bridgehead atoms. The Morgan fingerprint density at radius 2 is 1.59 bits per heavy atom. The van der Waals surface area contributed by atoms with Crippen molar-refractivity contribution in [3.63, 3.8) is 0 Å². The molecule has 7 rings (SSSR count). The number of carbonyl (C=O) groups is 1. The van der Waals surface area contributed by atoms with Crippen LogP contribution in [0.3, 0.4) is 0 Å². The number of esters is 1. The van der Waals surface area contributed by atoms with E-state index in [0.29, 0.717) is 34.5 Å². The summed E-state index contributed by atoms with van der Waals surface area (Å²) >= 11 is 0. The fourth-order valence-electron chi connectivity index (χ4n) is 12.7. The maximum absolute atomic E-state index is 12.7. The zero-order valence-corrected chi connectivity index (χ0v) is 25.5. The summed E-state index contributed by atoms with van der Waals surface area (Å²) in [5.41, 5.74) is 0.502. The van der Waals surface area contributed by atoms with Crippen LogP contribution in [0.25, 0.3) is 0 Å². The first-order valence-corrected chi connectivity index (χ1v) is 16.5. The molecule has 5 heteroatoms. The van der Waals surface area contributed by atoms with Crippen molar-refractivity contribution >= 4 is 5.97 Å². The minimum Gasteiger partial charge on any atom is -0.459 e. The first-order chi connectivity index (χ1) is 18.2. The van der Waals surface area contributed by atoms with Crippen LogP contribution in [0.1, 0.15) is 113 Å². The first kappa shape index (κ1) is 27.2. The van der Waals surface area contributed by atoms with Crippen LogP contribution in [0.2, 0.25) is 0 Å². The zero-order valence-electron chi connectivity index (χ0n) is 25.5. The van der Waals surface area contributed by atoms with Crippen molar-refractivity contribution in [3.05, 3.63) is 0 Å². The van der Waals surface area contributed by atoms with Gasteiger partial charge >= 0.3 is 5.97 Å². The van der Waals surface area contributed by atoms with E-state index in [1.165, 1.54) is 25.7 Å². The van der Waals surface area contributed by atoms with Gasteiger partial charge in [-0.1, -0.05) is 48.5 Å². The van der Waals surface area contributed by atoms with Crippen molar-refractivity contribution in [3.8, 4) is 0 Å². The van der Waals surface area contributed by atoms with Crippen LogP contribution in [0.5, 0.6) is 0 Å². The molecule has 1 saturated heterocycles. The SMILES string of the molecule is CC(C)[C@@H](OC(=O)C1CC1)C1C[C@@H](C)[C@H]2C(O1)[C@H](O)[C@@]1(C)C3CC[C@H]4C(C)(C)C(O)CC[C@@]45C[C@@]35CC[C@]21C. The molecule has 0 amide bonds. The minimum atomic E-state index is -0.497. The van der Waals surface area contributed by atoms with Crippen molar-refractivity contribution in [2.24, 2.45) is 62.6 Å². The smallest absolute Gasteiger partial charge is 0.309 e. The van der Waals surface area contributed by atoms with Gasteiger partial charge in [0.2, 0.25) is 0 Å². The number of aliphatic hydroxyl groups is 2. The molecule has 0 radical (unpaired) electrons. The molecule has 2 spiro atoms. The van der Waals surface area contributed by atoms with Gasteiger partial charge in [0.15, 0.2) is 0 Å². The molecule has 0 aromatic carbocycles. The van der Waals surface area contributed by atoms with Crippen LogP contribution in [-0.2, 0) is 14.3 Å². The highest BCUT2D eigenvalue weighted by atomic mass is 16.6. The maximum Gasteiger partial charge on any atom is 0.309 e. The average Bonchev–Trinajstić information content (AvgIpc) is 3.79. The molecule has 7 fully saturated rings. The average molecular weight is 543 g/mol. The van der Waals surface area contributed by atoms with Gasteiger partial charge in [0, 0.05) is 5.41 Å². The predicted octanol–water partition coefficient (Wildman–Crippen LogP) is 6.14. The number of ether oxygens (including phenoxy) is 2. The first-order valence-electron chi connectivity index (χ1n) is 16.5. The third kappa shape index (κ3) is 3.22. The summed E-state index contributed by atoms with van der Waals surface area (Å²) in [6.45, 7) is 16.2.